The van der Waals surface area contributed by atoms with Gasteiger partial charge in [-0.1, -0.05) is 12.1 Å². The highest BCUT2D eigenvalue weighted by molar-refractivity contribution is 5.77. The number of rotatable bonds is 6. The van der Waals surface area contributed by atoms with E-state index in [-0.39, 0.29) is 18.3 Å². The number of carbonyl (C=O) groups excluding carboxylic acids is 1. The SMILES string of the molecule is CCc1noc(CN2CCN(C(=O)COc3ccc(F)cc3)CC2)n1. The van der Waals surface area contributed by atoms with E-state index in [1.807, 2.05) is 6.92 Å². The van der Waals surface area contributed by atoms with Gasteiger partial charge < -0.3 is 14.2 Å². The van der Waals surface area contributed by atoms with Gasteiger partial charge in [-0.05, 0) is 24.3 Å². The summed E-state index contributed by atoms with van der Waals surface area (Å²) in [4.78, 5) is 20.5. The molecule has 3 rings (SSSR count). The lowest BCUT2D eigenvalue weighted by molar-refractivity contribution is -0.135. The van der Waals surface area contributed by atoms with Crippen LogP contribution in [0.4, 0.5) is 4.39 Å². The van der Waals surface area contributed by atoms with E-state index < -0.39 is 0 Å². The van der Waals surface area contributed by atoms with Gasteiger partial charge in [-0.2, -0.15) is 4.98 Å². The van der Waals surface area contributed by atoms with Crippen molar-refractivity contribution in [3.05, 3.63) is 41.8 Å². The van der Waals surface area contributed by atoms with Crippen LogP contribution in [0.1, 0.15) is 18.6 Å². The van der Waals surface area contributed by atoms with Crippen molar-refractivity contribution in [3.8, 4) is 5.75 Å². The fourth-order valence-corrected chi connectivity index (χ4v) is 2.61. The zero-order valence-electron chi connectivity index (χ0n) is 14.2. The van der Waals surface area contributed by atoms with Gasteiger partial charge in [0.1, 0.15) is 11.6 Å². The molecule has 7 nitrogen and oxygen atoms in total. The van der Waals surface area contributed by atoms with Crippen molar-refractivity contribution in [1.29, 1.82) is 0 Å². The normalized spacial score (nSPS) is 15.4. The van der Waals surface area contributed by atoms with E-state index in [1.165, 1.54) is 24.3 Å². The number of carbonyl (C=O) groups is 1. The predicted molar refractivity (Wildman–Crippen MR) is 87.4 cm³/mol. The molecule has 1 aromatic heterocycles. The van der Waals surface area contributed by atoms with Gasteiger partial charge in [-0.3, -0.25) is 9.69 Å². The number of halogens is 1. The maximum Gasteiger partial charge on any atom is 0.260 e. The first-order chi connectivity index (χ1) is 12.1. The standard InChI is InChI=1S/C17H21FN4O3/c1-2-15-19-16(25-20-15)11-21-7-9-22(10-8-21)17(23)12-24-14-5-3-13(18)4-6-14/h3-6H,2,7-12H2,1H3. The molecule has 0 radical (unpaired) electrons. The van der Waals surface area contributed by atoms with Crippen LogP contribution in [0.2, 0.25) is 0 Å². The summed E-state index contributed by atoms with van der Waals surface area (Å²) in [5.74, 6) is 1.40. The first-order valence-corrected chi connectivity index (χ1v) is 8.34. The molecule has 1 aliphatic rings. The number of benzene rings is 1. The number of aromatic nitrogens is 2. The van der Waals surface area contributed by atoms with E-state index >= 15 is 0 Å². The number of hydrogen-bond acceptors (Lipinski definition) is 6. The van der Waals surface area contributed by atoms with E-state index in [0.717, 1.165) is 19.5 Å². The van der Waals surface area contributed by atoms with Gasteiger partial charge in [0.15, 0.2) is 12.4 Å². The predicted octanol–water partition coefficient (Wildman–Crippen LogP) is 1.49. The minimum atomic E-state index is -0.331. The third-order valence-corrected chi connectivity index (χ3v) is 4.09. The Hall–Kier alpha value is -2.48. The van der Waals surface area contributed by atoms with Crippen molar-refractivity contribution in [2.24, 2.45) is 0 Å². The maximum atomic E-state index is 12.8. The van der Waals surface area contributed by atoms with Crippen LogP contribution >= 0.6 is 0 Å². The van der Waals surface area contributed by atoms with Crippen molar-refractivity contribution >= 4 is 5.91 Å². The molecule has 0 saturated carbocycles. The fraction of sp³-hybridized carbons (Fsp3) is 0.471. The summed E-state index contributed by atoms with van der Waals surface area (Å²) in [6.07, 6.45) is 0.750. The van der Waals surface area contributed by atoms with E-state index in [9.17, 15) is 9.18 Å². The van der Waals surface area contributed by atoms with Crippen LogP contribution in [0, 0.1) is 5.82 Å². The number of piperazine rings is 1. The molecule has 1 aliphatic heterocycles. The second-order valence-corrected chi connectivity index (χ2v) is 5.86. The summed E-state index contributed by atoms with van der Waals surface area (Å²) in [5.41, 5.74) is 0. The summed E-state index contributed by atoms with van der Waals surface area (Å²) in [7, 11) is 0. The maximum absolute atomic E-state index is 12.8. The number of hydrogen-bond donors (Lipinski definition) is 0. The van der Waals surface area contributed by atoms with E-state index in [2.05, 4.69) is 15.0 Å². The molecule has 25 heavy (non-hydrogen) atoms. The van der Waals surface area contributed by atoms with Crippen molar-refractivity contribution in [2.75, 3.05) is 32.8 Å². The molecule has 0 N–H and O–H groups in total. The van der Waals surface area contributed by atoms with Gasteiger partial charge in [-0.15, -0.1) is 0 Å². The molecule has 0 atom stereocenters. The number of ether oxygens (including phenoxy) is 1. The van der Waals surface area contributed by atoms with Crippen LogP contribution in [0.15, 0.2) is 28.8 Å². The van der Waals surface area contributed by atoms with Crippen molar-refractivity contribution in [1.82, 2.24) is 19.9 Å². The Balaban J connectivity index is 1.41. The zero-order valence-corrected chi connectivity index (χ0v) is 14.2. The Labute approximate surface area is 145 Å². The van der Waals surface area contributed by atoms with Gasteiger partial charge >= 0.3 is 0 Å². The summed E-state index contributed by atoms with van der Waals surface area (Å²) >= 11 is 0. The smallest absolute Gasteiger partial charge is 0.260 e. The summed E-state index contributed by atoms with van der Waals surface area (Å²) in [5, 5.41) is 3.88. The van der Waals surface area contributed by atoms with E-state index in [1.54, 1.807) is 4.90 Å². The first kappa shape index (κ1) is 17.3. The average molecular weight is 348 g/mol. The Morgan fingerprint density at radius 1 is 1.24 bits per heavy atom. The Kier molecular flexibility index (Phi) is 5.60. The van der Waals surface area contributed by atoms with Crippen molar-refractivity contribution < 1.29 is 18.4 Å². The van der Waals surface area contributed by atoms with E-state index in [4.69, 9.17) is 9.26 Å². The second-order valence-electron chi connectivity index (χ2n) is 5.86. The molecule has 134 valence electrons. The summed E-state index contributed by atoms with van der Waals surface area (Å²) in [6, 6.07) is 5.63. The van der Waals surface area contributed by atoms with Crippen molar-refractivity contribution in [2.45, 2.75) is 19.9 Å². The highest BCUT2D eigenvalue weighted by Crippen LogP contribution is 2.12. The monoisotopic (exact) mass is 348 g/mol. The zero-order chi connectivity index (χ0) is 17.6. The Morgan fingerprint density at radius 3 is 2.60 bits per heavy atom. The Bertz CT molecular complexity index is 696. The highest BCUT2D eigenvalue weighted by Gasteiger charge is 2.22. The summed E-state index contributed by atoms with van der Waals surface area (Å²) < 4.78 is 23.4. The molecule has 0 bridgehead atoms. The van der Waals surface area contributed by atoms with Crippen LogP contribution in [0.5, 0.6) is 5.75 Å². The molecule has 2 aromatic rings. The van der Waals surface area contributed by atoms with Crippen LogP contribution in [-0.2, 0) is 17.8 Å². The van der Waals surface area contributed by atoms with Crippen LogP contribution in [0.3, 0.4) is 0 Å². The number of amides is 1. The van der Waals surface area contributed by atoms with E-state index in [0.29, 0.717) is 37.1 Å². The minimum absolute atomic E-state index is 0.0465. The van der Waals surface area contributed by atoms with Gasteiger partial charge in [0.25, 0.3) is 5.91 Å². The van der Waals surface area contributed by atoms with Gasteiger partial charge in [0, 0.05) is 32.6 Å². The lowest BCUT2D eigenvalue weighted by Gasteiger charge is -2.33. The molecule has 0 spiro atoms. The lowest BCUT2D eigenvalue weighted by Crippen LogP contribution is -2.49. The molecular formula is C17H21FN4O3. The third kappa shape index (κ3) is 4.76. The largest absolute Gasteiger partial charge is 0.484 e. The van der Waals surface area contributed by atoms with Gasteiger partial charge in [0.2, 0.25) is 5.89 Å². The van der Waals surface area contributed by atoms with Gasteiger partial charge in [-0.25, -0.2) is 4.39 Å². The lowest BCUT2D eigenvalue weighted by atomic mass is 10.3. The second kappa shape index (κ2) is 8.06. The molecule has 2 heterocycles. The quantitative estimate of drug-likeness (QED) is 0.788. The minimum Gasteiger partial charge on any atom is -0.484 e. The average Bonchev–Trinajstić information content (AvgIpc) is 3.09. The molecule has 1 aromatic carbocycles. The number of aryl methyl sites for hydroxylation is 1. The van der Waals surface area contributed by atoms with Gasteiger partial charge in [0.05, 0.1) is 6.54 Å². The fourth-order valence-electron chi connectivity index (χ4n) is 2.61. The molecular weight excluding hydrogens is 327 g/mol. The molecule has 1 fully saturated rings. The Morgan fingerprint density at radius 2 is 1.96 bits per heavy atom. The third-order valence-electron chi connectivity index (χ3n) is 4.09. The number of nitrogens with zero attached hydrogens (tertiary/aromatic N) is 4. The first-order valence-electron chi connectivity index (χ1n) is 8.34. The van der Waals surface area contributed by atoms with Crippen LogP contribution in [-0.4, -0.2) is 58.6 Å². The molecule has 8 heteroatoms. The molecule has 1 saturated heterocycles. The molecule has 0 aliphatic carbocycles. The van der Waals surface area contributed by atoms with Crippen LogP contribution < -0.4 is 4.74 Å². The van der Waals surface area contributed by atoms with Crippen LogP contribution in [0.25, 0.3) is 0 Å². The molecule has 0 unspecified atom stereocenters. The topological polar surface area (TPSA) is 71.7 Å². The highest BCUT2D eigenvalue weighted by atomic mass is 19.1. The molecule has 1 amide bonds. The van der Waals surface area contributed by atoms with Crippen molar-refractivity contribution in [3.63, 3.8) is 0 Å². The summed E-state index contributed by atoms with van der Waals surface area (Å²) in [6.45, 7) is 5.27.